The third-order valence-corrected chi connectivity index (χ3v) is 4.53. The summed E-state index contributed by atoms with van der Waals surface area (Å²) in [5.74, 6) is 2.71. The number of rotatable bonds is 4. The summed E-state index contributed by atoms with van der Waals surface area (Å²) < 4.78 is 11.0. The van der Waals surface area contributed by atoms with Crippen molar-refractivity contribution in [2.75, 3.05) is 26.7 Å². The third kappa shape index (κ3) is 7.84. The van der Waals surface area contributed by atoms with Crippen molar-refractivity contribution in [3.05, 3.63) is 17.3 Å². The molecule has 1 aromatic rings. The maximum absolute atomic E-state index is 12.1. The van der Waals surface area contributed by atoms with Crippen LogP contribution in [0.2, 0.25) is 0 Å². The maximum Gasteiger partial charge on any atom is 0.410 e. The number of hydrogen-bond donors (Lipinski definition) is 2. The van der Waals surface area contributed by atoms with Gasteiger partial charge in [0.05, 0.1) is 12.2 Å². The second-order valence-electron chi connectivity index (χ2n) is 7.97. The van der Waals surface area contributed by atoms with Crippen molar-refractivity contribution in [3.63, 3.8) is 0 Å². The Hall–Kier alpha value is -1.52. The van der Waals surface area contributed by atoms with Gasteiger partial charge in [0.2, 0.25) is 5.89 Å². The molecule has 1 saturated heterocycles. The number of halogens is 1. The molecule has 0 atom stereocenters. The SMILES string of the molecule is CN=C(NCc1nc(C)c(C)o1)NCC1CCN(C(=O)OC(C)(C)C)CC1.I. The number of hydrogen-bond acceptors (Lipinski definition) is 5. The molecule has 28 heavy (non-hydrogen) atoms. The standard InChI is InChI=1S/C19H33N5O3.HI/c1-13-14(2)26-16(23-13)12-22-17(20-6)21-11-15-7-9-24(10-8-15)18(25)27-19(3,4)5;/h15H,7-12H2,1-6H3,(H2,20,21,22);1H. The number of oxazole rings is 1. The van der Waals surface area contributed by atoms with E-state index in [4.69, 9.17) is 9.15 Å². The van der Waals surface area contributed by atoms with Crippen molar-refractivity contribution < 1.29 is 13.9 Å². The van der Waals surface area contributed by atoms with Gasteiger partial charge in [0.15, 0.2) is 5.96 Å². The van der Waals surface area contributed by atoms with E-state index in [0.29, 0.717) is 18.4 Å². The van der Waals surface area contributed by atoms with Crippen LogP contribution in [-0.4, -0.2) is 54.2 Å². The lowest BCUT2D eigenvalue weighted by Gasteiger charge is -2.33. The van der Waals surface area contributed by atoms with E-state index in [1.54, 1.807) is 11.9 Å². The normalized spacial score (nSPS) is 15.8. The number of likely N-dealkylation sites (tertiary alicyclic amines) is 1. The number of aromatic nitrogens is 1. The molecular weight excluding hydrogens is 473 g/mol. The van der Waals surface area contributed by atoms with E-state index in [9.17, 15) is 4.79 Å². The summed E-state index contributed by atoms with van der Waals surface area (Å²) in [7, 11) is 1.74. The summed E-state index contributed by atoms with van der Waals surface area (Å²) in [4.78, 5) is 22.5. The Morgan fingerprint density at radius 1 is 1.29 bits per heavy atom. The number of nitrogens with zero attached hydrogens (tertiary/aromatic N) is 3. The smallest absolute Gasteiger partial charge is 0.410 e. The predicted octanol–water partition coefficient (Wildman–Crippen LogP) is 3.22. The molecule has 0 spiro atoms. The van der Waals surface area contributed by atoms with Crippen LogP contribution in [0, 0.1) is 19.8 Å². The Balaban J connectivity index is 0.00000392. The molecule has 0 aromatic carbocycles. The van der Waals surface area contributed by atoms with Gasteiger partial charge in [0.25, 0.3) is 0 Å². The third-order valence-electron chi connectivity index (χ3n) is 4.53. The van der Waals surface area contributed by atoms with E-state index in [0.717, 1.165) is 49.9 Å². The summed E-state index contributed by atoms with van der Waals surface area (Å²) in [5, 5.41) is 6.56. The highest BCUT2D eigenvalue weighted by molar-refractivity contribution is 14.0. The molecule has 2 N–H and O–H groups in total. The summed E-state index contributed by atoms with van der Waals surface area (Å²) >= 11 is 0. The lowest BCUT2D eigenvalue weighted by molar-refractivity contribution is 0.0185. The Bertz CT molecular complexity index is 642. The van der Waals surface area contributed by atoms with Gasteiger partial charge in [-0.25, -0.2) is 9.78 Å². The van der Waals surface area contributed by atoms with Crippen LogP contribution in [0.1, 0.15) is 51.0 Å². The van der Waals surface area contributed by atoms with Crippen LogP contribution < -0.4 is 10.6 Å². The first kappa shape index (κ1) is 24.5. The number of piperidine rings is 1. The van der Waals surface area contributed by atoms with E-state index < -0.39 is 5.60 Å². The molecule has 0 radical (unpaired) electrons. The van der Waals surface area contributed by atoms with Crippen LogP contribution in [0.25, 0.3) is 0 Å². The molecule has 1 aliphatic rings. The van der Waals surface area contributed by atoms with Gasteiger partial charge in [0.1, 0.15) is 11.4 Å². The maximum atomic E-state index is 12.1. The van der Waals surface area contributed by atoms with E-state index in [2.05, 4.69) is 20.6 Å². The Morgan fingerprint density at radius 2 is 1.93 bits per heavy atom. The highest BCUT2D eigenvalue weighted by Gasteiger charge is 2.26. The van der Waals surface area contributed by atoms with Crippen LogP contribution >= 0.6 is 24.0 Å². The lowest BCUT2D eigenvalue weighted by Crippen LogP contribution is -2.45. The van der Waals surface area contributed by atoms with Crippen molar-refractivity contribution in [2.24, 2.45) is 10.9 Å². The number of carbonyl (C=O) groups is 1. The van der Waals surface area contributed by atoms with Crippen molar-refractivity contribution in [1.82, 2.24) is 20.5 Å². The fourth-order valence-electron chi connectivity index (χ4n) is 2.88. The monoisotopic (exact) mass is 507 g/mol. The second-order valence-corrected chi connectivity index (χ2v) is 7.97. The van der Waals surface area contributed by atoms with Crippen LogP contribution in [0.5, 0.6) is 0 Å². The quantitative estimate of drug-likeness (QED) is 0.370. The molecule has 9 heteroatoms. The first-order chi connectivity index (χ1) is 12.7. The predicted molar refractivity (Wildman–Crippen MR) is 120 cm³/mol. The first-order valence-electron chi connectivity index (χ1n) is 9.53. The van der Waals surface area contributed by atoms with Gasteiger partial charge in [-0.05, 0) is 53.4 Å². The van der Waals surface area contributed by atoms with Gasteiger partial charge in [-0.1, -0.05) is 0 Å². The summed E-state index contributed by atoms with van der Waals surface area (Å²) in [5.41, 5.74) is 0.458. The van der Waals surface area contributed by atoms with Gasteiger partial charge in [0, 0.05) is 26.7 Å². The highest BCUT2D eigenvalue weighted by atomic mass is 127. The van der Waals surface area contributed by atoms with Gasteiger partial charge in [-0.3, -0.25) is 4.99 Å². The van der Waals surface area contributed by atoms with E-state index in [1.807, 2.05) is 34.6 Å². The molecule has 1 aromatic heterocycles. The fourth-order valence-corrected chi connectivity index (χ4v) is 2.88. The molecule has 1 aliphatic heterocycles. The van der Waals surface area contributed by atoms with Crippen molar-refractivity contribution >= 4 is 36.0 Å². The topological polar surface area (TPSA) is 92.0 Å². The van der Waals surface area contributed by atoms with Crippen LogP contribution in [0.3, 0.4) is 0 Å². The van der Waals surface area contributed by atoms with Crippen LogP contribution in [0.15, 0.2) is 9.41 Å². The minimum Gasteiger partial charge on any atom is -0.444 e. The molecule has 8 nitrogen and oxygen atoms in total. The molecule has 0 bridgehead atoms. The molecule has 0 unspecified atom stereocenters. The first-order valence-corrected chi connectivity index (χ1v) is 9.53. The number of guanidine groups is 1. The minimum absolute atomic E-state index is 0. The zero-order valence-corrected chi connectivity index (χ0v) is 20.1. The molecule has 0 saturated carbocycles. The lowest BCUT2D eigenvalue weighted by atomic mass is 9.97. The molecule has 1 amide bonds. The second kappa shape index (κ2) is 10.9. The number of aryl methyl sites for hydroxylation is 2. The van der Waals surface area contributed by atoms with E-state index in [1.165, 1.54) is 0 Å². The molecule has 1 fully saturated rings. The highest BCUT2D eigenvalue weighted by Crippen LogP contribution is 2.19. The Morgan fingerprint density at radius 3 is 2.43 bits per heavy atom. The average Bonchev–Trinajstić information content (AvgIpc) is 2.92. The van der Waals surface area contributed by atoms with Crippen LogP contribution in [-0.2, 0) is 11.3 Å². The van der Waals surface area contributed by atoms with Crippen molar-refractivity contribution in [2.45, 2.75) is 59.6 Å². The van der Waals surface area contributed by atoms with Crippen molar-refractivity contribution in [1.29, 1.82) is 0 Å². The van der Waals surface area contributed by atoms with E-state index >= 15 is 0 Å². The number of aliphatic imine (C=N–C) groups is 1. The molecule has 2 heterocycles. The van der Waals surface area contributed by atoms with Gasteiger partial charge in [-0.15, -0.1) is 24.0 Å². The summed E-state index contributed by atoms with van der Waals surface area (Å²) in [6, 6.07) is 0. The number of carbonyl (C=O) groups excluding carboxylic acids is 1. The van der Waals surface area contributed by atoms with E-state index in [-0.39, 0.29) is 30.1 Å². The van der Waals surface area contributed by atoms with Crippen LogP contribution in [0.4, 0.5) is 4.79 Å². The summed E-state index contributed by atoms with van der Waals surface area (Å²) in [6.45, 7) is 12.3. The van der Waals surface area contributed by atoms with Gasteiger partial charge in [-0.2, -0.15) is 0 Å². The minimum atomic E-state index is -0.451. The number of amides is 1. The average molecular weight is 507 g/mol. The Labute approximate surface area is 184 Å². The fraction of sp³-hybridized carbons (Fsp3) is 0.737. The summed E-state index contributed by atoms with van der Waals surface area (Å²) in [6.07, 6.45) is 1.67. The van der Waals surface area contributed by atoms with Gasteiger partial charge < -0.3 is 24.7 Å². The largest absolute Gasteiger partial charge is 0.444 e. The number of nitrogens with one attached hydrogen (secondary N) is 2. The zero-order chi connectivity index (χ0) is 20.0. The molecule has 0 aliphatic carbocycles. The number of ether oxygens (including phenoxy) is 1. The van der Waals surface area contributed by atoms with Gasteiger partial charge >= 0.3 is 6.09 Å². The van der Waals surface area contributed by atoms with Crippen molar-refractivity contribution in [3.8, 4) is 0 Å². The molecule has 2 rings (SSSR count). The Kier molecular flexibility index (Phi) is 9.52. The molecular formula is C19H34IN5O3. The zero-order valence-electron chi connectivity index (χ0n) is 17.8. The molecule has 160 valence electrons.